The van der Waals surface area contributed by atoms with Crippen molar-refractivity contribution in [2.45, 2.75) is 53.4 Å². The zero-order valence-electron chi connectivity index (χ0n) is 22.6. The van der Waals surface area contributed by atoms with Crippen LogP contribution in [0.25, 0.3) is 21.8 Å². The van der Waals surface area contributed by atoms with E-state index in [-0.39, 0.29) is 30.9 Å². The summed E-state index contributed by atoms with van der Waals surface area (Å²) in [5.41, 5.74) is 4.34. The Morgan fingerprint density at radius 2 is 1.56 bits per heavy atom. The van der Waals surface area contributed by atoms with Crippen LogP contribution in [0.5, 0.6) is 0 Å². The molecule has 0 fully saturated rings. The highest BCUT2D eigenvalue weighted by Gasteiger charge is 2.21. The van der Waals surface area contributed by atoms with Gasteiger partial charge in [0, 0.05) is 58.4 Å². The van der Waals surface area contributed by atoms with Crippen molar-refractivity contribution in [2.75, 3.05) is 6.61 Å². The highest BCUT2D eigenvalue weighted by molar-refractivity contribution is 6.46. The smallest absolute Gasteiger partial charge is 0.306 e. The van der Waals surface area contributed by atoms with Gasteiger partial charge in [0.15, 0.2) is 5.78 Å². The van der Waals surface area contributed by atoms with Gasteiger partial charge in [-0.2, -0.15) is 0 Å². The largest absolute Gasteiger partial charge is 0.466 e. The number of hydrogen-bond acceptors (Lipinski definition) is 7. The number of rotatable bonds is 11. The van der Waals surface area contributed by atoms with Gasteiger partial charge in [0.2, 0.25) is 12.1 Å². The third-order valence-electron chi connectivity index (χ3n) is 6.54. The fraction of sp³-hybridized carbons (Fsp3) is 0.290. The van der Waals surface area contributed by atoms with E-state index in [4.69, 9.17) is 9.57 Å². The highest BCUT2D eigenvalue weighted by atomic mass is 16.7. The average molecular weight is 529 g/mol. The molecule has 8 heteroatoms. The number of fused-ring (bicyclic) bond motifs is 3. The Labute approximate surface area is 226 Å². The van der Waals surface area contributed by atoms with Crippen LogP contribution in [0, 0.1) is 6.92 Å². The van der Waals surface area contributed by atoms with Crippen molar-refractivity contribution in [2.24, 2.45) is 5.16 Å². The quantitative estimate of drug-likeness (QED) is 0.0894. The maximum atomic E-state index is 13.5. The van der Waals surface area contributed by atoms with Crippen LogP contribution in [-0.2, 0) is 20.9 Å². The number of aliphatic hydroxyl groups excluding tert-OH is 1. The van der Waals surface area contributed by atoms with E-state index < -0.39 is 18.0 Å². The Balaban J connectivity index is 1.78. The minimum atomic E-state index is -1.22. The van der Waals surface area contributed by atoms with Gasteiger partial charge < -0.3 is 19.2 Å². The summed E-state index contributed by atoms with van der Waals surface area (Å²) in [7, 11) is 0. The van der Waals surface area contributed by atoms with Crippen molar-refractivity contribution in [1.29, 1.82) is 0 Å². The lowest BCUT2D eigenvalue weighted by atomic mass is 9.97. The van der Waals surface area contributed by atoms with Crippen molar-refractivity contribution in [3.05, 3.63) is 82.9 Å². The van der Waals surface area contributed by atoms with Gasteiger partial charge >= 0.3 is 5.97 Å². The molecule has 0 amide bonds. The van der Waals surface area contributed by atoms with Crippen molar-refractivity contribution in [3.63, 3.8) is 0 Å². The molecule has 0 bridgehead atoms. The molecule has 1 N–H and O–H groups in total. The van der Waals surface area contributed by atoms with E-state index in [0.717, 1.165) is 27.4 Å². The number of esters is 1. The van der Waals surface area contributed by atoms with Gasteiger partial charge in [-0.25, -0.2) is 0 Å². The fourth-order valence-electron chi connectivity index (χ4n) is 4.67. The number of carbonyl (C=O) groups is 3. The van der Waals surface area contributed by atoms with Crippen LogP contribution < -0.4 is 0 Å². The molecule has 1 unspecified atom stereocenters. The Morgan fingerprint density at radius 1 is 0.923 bits per heavy atom. The molecule has 4 rings (SSSR count). The number of carbonyl (C=O) groups excluding carboxylic acids is 3. The minimum Gasteiger partial charge on any atom is -0.466 e. The second-order valence-corrected chi connectivity index (χ2v) is 9.23. The van der Waals surface area contributed by atoms with Crippen molar-refractivity contribution in [1.82, 2.24) is 4.57 Å². The monoisotopic (exact) mass is 528 g/mol. The fourth-order valence-corrected chi connectivity index (χ4v) is 4.67. The molecule has 0 radical (unpaired) electrons. The topological polar surface area (TPSA) is 107 Å². The number of ketones is 2. The Morgan fingerprint density at radius 3 is 2.18 bits per heavy atom. The number of nitrogens with zero attached hydrogens (tertiary/aromatic N) is 2. The van der Waals surface area contributed by atoms with E-state index in [9.17, 15) is 19.5 Å². The number of aliphatic hydroxyl groups is 1. The summed E-state index contributed by atoms with van der Waals surface area (Å²) in [6.07, 6.45) is -1.28. The molecule has 1 atom stereocenters. The van der Waals surface area contributed by atoms with Crippen LogP contribution in [0.15, 0.2) is 65.8 Å². The highest BCUT2D eigenvalue weighted by Crippen LogP contribution is 2.32. The first-order valence-electron chi connectivity index (χ1n) is 13.0. The molecule has 0 spiro atoms. The predicted octanol–water partition coefficient (Wildman–Crippen LogP) is 5.59. The van der Waals surface area contributed by atoms with Gasteiger partial charge in [-0.3, -0.25) is 14.4 Å². The van der Waals surface area contributed by atoms with Crippen LogP contribution in [0.3, 0.4) is 0 Å². The minimum absolute atomic E-state index is 0.00190. The van der Waals surface area contributed by atoms with Gasteiger partial charge in [-0.1, -0.05) is 29.4 Å². The van der Waals surface area contributed by atoms with Crippen LogP contribution in [0.4, 0.5) is 0 Å². The molecule has 4 aromatic rings. The van der Waals surface area contributed by atoms with Crippen LogP contribution in [0.2, 0.25) is 0 Å². The van der Waals surface area contributed by atoms with E-state index in [1.807, 2.05) is 62.4 Å². The summed E-state index contributed by atoms with van der Waals surface area (Å²) in [5.74, 6) is -0.947. The summed E-state index contributed by atoms with van der Waals surface area (Å²) >= 11 is 0. The lowest BCUT2D eigenvalue weighted by molar-refractivity contribution is -0.142. The molecule has 0 aliphatic heterocycles. The van der Waals surface area contributed by atoms with E-state index >= 15 is 0 Å². The average Bonchev–Trinajstić information content (AvgIpc) is 3.24. The number of hydrogen-bond donors (Lipinski definition) is 1. The SMILES string of the molecule is CCOC(=O)CC/C(=N\OC(C)O)C(=O)c1ccc2c(c1)c1cc(C(=O)c3ccccc3C)ccc1n2CC. The molecule has 0 saturated heterocycles. The summed E-state index contributed by atoms with van der Waals surface area (Å²) in [5, 5.41) is 15.0. The second kappa shape index (κ2) is 12.0. The summed E-state index contributed by atoms with van der Waals surface area (Å²) in [4.78, 5) is 43.7. The number of benzene rings is 3. The van der Waals surface area contributed by atoms with Crippen molar-refractivity contribution in [3.8, 4) is 0 Å². The van der Waals surface area contributed by atoms with Crippen LogP contribution >= 0.6 is 0 Å². The van der Waals surface area contributed by atoms with Gasteiger partial charge in [-0.05, 0) is 62.7 Å². The normalized spacial score (nSPS) is 12.5. The van der Waals surface area contributed by atoms with Crippen molar-refractivity contribution >= 4 is 45.1 Å². The molecular formula is C31H32N2O6. The molecular weight excluding hydrogens is 496 g/mol. The molecule has 39 heavy (non-hydrogen) atoms. The second-order valence-electron chi connectivity index (χ2n) is 9.23. The van der Waals surface area contributed by atoms with Gasteiger partial charge in [0.25, 0.3) is 0 Å². The lowest BCUT2D eigenvalue weighted by Gasteiger charge is -2.08. The predicted molar refractivity (Wildman–Crippen MR) is 150 cm³/mol. The van der Waals surface area contributed by atoms with Gasteiger partial charge in [0.1, 0.15) is 5.71 Å². The summed E-state index contributed by atoms with van der Waals surface area (Å²) < 4.78 is 7.10. The van der Waals surface area contributed by atoms with Gasteiger partial charge in [-0.15, -0.1) is 0 Å². The molecule has 202 valence electrons. The number of ether oxygens (including phenoxy) is 1. The lowest BCUT2D eigenvalue weighted by Crippen LogP contribution is -2.18. The van der Waals surface area contributed by atoms with E-state index in [0.29, 0.717) is 23.2 Å². The number of oxime groups is 1. The third-order valence-corrected chi connectivity index (χ3v) is 6.54. The molecule has 8 nitrogen and oxygen atoms in total. The standard InChI is InChI=1S/C31H32N2O6/c1-5-33-27-14-11-21(30(36)23-10-8-7-9-19(23)3)17-24(27)25-18-22(12-15-28(25)33)31(37)26(32-39-20(4)34)13-16-29(35)38-6-2/h7-12,14-15,17-18,20,34H,5-6,13,16H2,1-4H3/b32-26+. The van der Waals surface area contributed by atoms with E-state index in [2.05, 4.69) is 9.72 Å². The first-order chi connectivity index (χ1) is 18.7. The molecule has 1 heterocycles. The maximum Gasteiger partial charge on any atom is 0.306 e. The van der Waals surface area contributed by atoms with Crippen LogP contribution in [-0.4, -0.2) is 45.8 Å². The van der Waals surface area contributed by atoms with E-state index in [1.54, 1.807) is 19.1 Å². The Kier molecular flexibility index (Phi) is 8.56. The maximum absolute atomic E-state index is 13.5. The molecule has 0 saturated carbocycles. The summed E-state index contributed by atoms with van der Waals surface area (Å²) in [6.45, 7) is 7.96. The molecule has 0 aliphatic rings. The van der Waals surface area contributed by atoms with Crippen LogP contribution in [0.1, 0.15) is 65.5 Å². The first-order valence-corrected chi connectivity index (χ1v) is 13.0. The molecule has 0 aliphatic carbocycles. The molecule has 3 aromatic carbocycles. The third kappa shape index (κ3) is 5.91. The zero-order valence-corrected chi connectivity index (χ0v) is 22.6. The van der Waals surface area contributed by atoms with Gasteiger partial charge in [0.05, 0.1) is 13.0 Å². The Bertz CT molecular complexity index is 1580. The molecule has 1 aromatic heterocycles. The summed E-state index contributed by atoms with van der Waals surface area (Å²) in [6, 6.07) is 18.5. The number of Topliss-reactive ketones (excluding diaryl/α,β-unsaturated/α-hetero) is 1. The number of aromatic nitrogens is 1. The number of aryl methyl sites for hydroxylation is 2. The zero-order chi connectivity index (χ0) is 28.1. The first kappa shape index (κ1) is 27.7. The van der Waals surface area contributed by atoms with E-state index in [1.165, 1.54) is 6.92 Å². The van der Waals surface area contributed by atoms with Crippen molar-refractivity contribution < 1.29 is 29.1 Å². The Hall–Kier alpha value is -4.30.